The Morgan fingerprint density at radius 1 is 0.651 bits per heavy atom. The summed E-state index contributed by atoms with van der Waals surface area (Å²) in [5.41, 5.74) is 13.4. The van der Waals surface area contributed by atoms with Crippen molar-refractivity contribution >= 4 is 82.5 Å². The van der Waals surface area contributed by atoms with Gasteiger partial charge in [0.2, 0.25) is 0 Å². The highest BCUT2D eigenvalue weighted by molar-refractivity contribution is 6.11. The zero-order chi connectivity index (χ0) is 42.6. The third-order valence-electron chi connectivity index (χ3n) is 14.7. The van der Waals surface area contributed by atoms with E-state index in [4.69, 9.17) is 9.40 Å². The second-order valence-electron chi connectivity index (χ2n) is 17.8. The Balaban J connectivity index is 1.07. The van der Waals surface area contributed by atoms with Crippen LogP contribution in [0.15, 0.2) is 168 Å². The summed E-state index contributed by atoms with van der Waals surface area (Å²) in [5.74, 6) is 0.221. The lowest BCUT2D eigenvalue weighted by Crippen LogP contribution is -2.36. The van der Waals surface area contributed by atoms with E-state index in [1.165, 1.54) is 71.4 Å². The molecule has 0 N–H and O–H groups in total. The minimum Gasteiger partial charge on any atom is -0.454 e. The van der Waals surface area contributed by atoms with Crippen molar-refractivity contribution in [2.75, 3.05) is 0 Å². The third-order valence-corrected chi connectivity index (χ3v) is 14.7. The third kappa shape index (κ3) is 5.12. The van der Waals surface area contributed by atoms with Crippen molar-refractivity contribution in [1.82, 2.24) is 23.7 Å². The smallest absolute Gasteiger partial charge is 0.162 e. The first-order valence-corrected chi connectivity index (χ1v) is 22.5. The van der Waals surface area contributed by atoms with Crippen LogP contribution in [0.4, 0.5) is 0 Å². The molecule has 6 heteroatoms. The molecule has 0 saturated carbocycles. The molecule has 308 valence electrons. The van der Waals surface area contributed by atoms with E-state index >= 15 is 0 Å². The molecule has 6 heterocycles. The van der Waals surface area contributed by atoms with Crippen LogP contribution in [0.2, 0.25) is 0 Å². The summed E-state index contributed by atoms with van der Waals surface area (Å²) in [6.45, 7) is 11.7. The molecular weight excluding hydrogens is 771 g/mol. The Hall–Kier alpha value is -7.18. The number of nitrogens with zero attached hydrogens (tertiary/aromatic N) is 5. The minimum atomic E-state index is -0.452. The molecule has 6 nitrogen and oxygen atoms in total. The summed E-state index contributed by atoms with van der Waals surface area (Å²) in [7, 11) is 0. The number of fused-ring (bicyclic) bond motifs is 12. The van der Waals surface area contributed by atoms with Crippen LogP contribution in [0.25, 0.3) is 88.2 Å². The molecule has 2 unspecified atom stereocenters. The fraction of sp³-hybridized carbons (Fsp3) is 0.193. The molecule has 63 heavy (non-hydrogen) atoms. The second kappa shape index (κ2) is 13.9. The second-order valence-corrected chi connectivity index (χ2v) is 17.8. The first-order valence-electron chi connectivity index (χ1n) is 22.5. The van der Waals surface area contributed by atoms with Gasteiger partial charge in [-0.15, -0.1) is 0 Å². The molecule has 1 aliphatic rings. The number of benzene rings is 5. The normalized spacial score (nSPS) is 15.8. The molecule has 5 aromatic carbocycles. The average molecular weight is 820 g/mol. The number of aromatic nitrogens is 5. The van der Waals surface area contributed by atoms with Gasteiger partial charge >= 0.3 is 0 Å². The summed E-state index contributed by atoms with van der Waals surface area (Å²) in [6.07, 6.45) is 17.5. The summed E-state index contributed by atoms with van der Waals surface area (Å²) in [5, 5.41) is 8.33. The number of rotatable bonds is 8. The first-order chi connectivity index (χ1) is 30.9. The number of hydrogen-bond acceptors (Lipinski definition) is 3. The topological polar surface area (TPSA) is 53.7 Å². The molecule has 0 radical (unpaired) electrons. The van der Waals surface area contributed by atoms with Gasteiger partial charge in [-0.1, -0.05) is 118 Å². The van der Waals surface area contributed by atoms with Crippen molar-refractivity contribution < 1.29 is 4.42 Å². The van der Waals surface area contributed by atoms with Gasteiger partial charge in [0, 0.05) is 79.1 Å². The zero-order valence-electron chi connectivity index (χ0n) is 36.4. The lowest BCUT2D eigenvalue weighted by Gasteiger charge is -2.41. The lowest BCUT2D eigenvalue weighted by atomic mass is 9.74. The van der Waals surface area contributed by atoms with Gasteiger partial charge in [-0.3, -0.25) is 9.97 Å². The molecule has 0 fully saturated rings. The number of allylic oxidation sites excluding steroid dienone is 3. The van der Waals surface area contributed by atoms with Gasteiger partial charge in [0.15, 0.2) is 5.58 Å². The molecule has 0 saturated heterocycles. The highest BCUT2D eigenvalue weighted by atomic mass is 16.3. The maximum atomic E-state index is 6.60. The van der Waals surface area contributed by atoms with Crippen LogP contribution >= 0.6 is 0 Å². The Kier molecular flexibility index (Phi) is 8.30. The van der Waals surface area contributed by atoms with E-state index in [9.17, 15) is 0 Å². The molecule has 11 aromatic rings. The predicted molar refractivity (Wildman–Crippen MR) is 262 cm³/mol. The highest BCUT2D eigenvalue weighted by Crippen LogP contribution is 2.51. The van der Waals surface area contributed by atoms with Gasteiger partial charge in [0.05, 0.1) is 39.2 Å². The van der Waals surface area contributed by atoms with Crippen LogP contribution in [-0.2, 0) is 11.1 Å². The van der Waals surface area contributed by atoms with Crippen LogP contribution in [0.5, 0.6) is 0 Å². The Bertz CT molecular complexity index is 3640. The number of para-hydroxylation sites is 4. The minimum absolute atomic E-state index is 0.221. The summed E-state index contributed by atoms with van der Waals surface area (Å²) in [4.78, 5) is 9.20. The first kappa shape index (κ1) is 37.6. The van der Waals surface area contributed by atoms with Gasteiger partial charge in [0.1, 0.15) is 11.3 Å². The zero-order valence-corrected chi connectivity index (χ0v) is 36.4. The van der Waals surface area contributed by atoms with E-state index in [0.717, 1.165) is 52.4 Å². The number of hydrogen-bond donors (Lipinski definition) is 0. The van der Waals surface area contributed by atoms with Crippen LogP contribution in [0, 0.1) is 0 Å². The van der Waals surface area contributed by atoms with Crippen molar-refractivity contribution in [3.63, 3.8) is 0 Å². The summed E-state index contributed by atoms with van der Waals surface area (Å²) in [6, 6.07) is 44.9. The quantitative estimate of drug-likeness (QED) is 0.144. The summed E-state index contributed by atoms with van der Waals surface area (Å²) < 4.78 is 14.3. The molecule has 12 rings (SSSR count). The van der Waals surface area contributed by atoms with Crippen LogP contribution in [0.3, 0.4) is 0 Å². The number of furan rings is 1. The van der Waals surface area contributed by atoms with E-state index in [-0.39, 0.29) is 11.5 Å². The van der Waals surface area contributed by atoms with Crippen LogP contribution < -0.4 is 0 Å². The molecule has 1 aliphatic carbocycles. The van der Waals surface area contributed by atoms with E-state index in [1.807, 2.05) is 24.7 Å². The van der Waals surface area contributed by atoms with Crippen molar-refractivity contribution in [1.29, 1.82) is 0 Å². The molecule has 0 bridgehead atoms. The van der Waals surface area contributed by atoms with E-state index < -0.39 is 5.54 Å². The van der Waals surface area contributed by atoms with Crippen molar-refractivity contribution in [2.24, 2.45) is 0 Å². The van der Waals surface area contributed by atoms with E-state index in [0.29, 0.717) is 0 Å². The monoisotopic (exact) mass is 819 g/mol. The lowest BCUT2D eigenvalue weighted by molar-refractivity contribution is 0.326. The maximum absolute atomic E-state index is 6.60. The SMILES string of the molecule is C/C=C\C(C)(c1ccc2c(c1)c1ccccc1n2C(CC)(CC)C1=Cc2c(n(-c3cncc4c3oc3ccncc34)c3ccccc23)C(C)C1)n1c2ccccc2c2ccccc21. The van der Waals surface area contributed by atoms with Crippen LogP contribution in [0.1, 0.15) is 76.6 Å². The van der Waals surface area contributed by atoms with Gasteiger partial charge < -0.3 is 18.1 Å². The number of pyridine rings is 2. The van der Waals surface area contributed by atoms with Gasteiger partial charge in [-0.25, -0.2) is 0 Å². The van der Waals surface area contributed by atoms with Gasteiger partial charge in [-0.05, 0) is 86.7 Å². The van der Waals surface area contributed by atoms with Gasteiger partial charge in [-0.2, -0.15) is 0 Å². The molecule has 0 aliphatic heterocycles. The summed E-state index contributed by atoms with van der Waals surface area (Å²) >= 11 is 0. The largest absolute Gasteiger partial charge is 0.454 e. The predicted octanol–water partition coefficient (Wildman–Crippen LogP) is 15.0. The average Bonchev–Trinajstić information content (AvgIpc) is 4.07. The van der Waals surface area contributed by atoms with Crippen molar-refractivity contribution in [3.8, 4) is 5.69 Å². The molecule has 0 amide bonds. The Morgan fingerprint density at radius 2 is 1.25 bits per heavy atom. The van der Waals surface area contributed by atoms with Gasteiger partial charge in [0.25, 0.3) is 0 Å². The molecular formula is C57H49N5O. The Morgan fingerprint density at radius 3 is 1.94 bits per heavy atom. The van der Waals surface area contributed by atoms with E-state index in [2.05, 4.69) is 187 Å². The molecule has 0 spiro atoms. The fourth-order valence-corrected chi connectivity index (χ4v) is 11.8. The van der Waals surface area contributed by atoms with Crippen LogP contribution in [-0.4, -0.2) is 23.7 Å². The molecule has 6 aromatic heterocycles. The Labute approximate surface area is 366 Å². The maximum Gasteiger partial charge on any atom is 0.162 e. The van der Waals surface area contributed by atoms with Crippen molar-refractivity contribution in [3.05, 3.63) is 181 Å². The van der Waals surface area contributed by atoms with Crippen molar-refractivity contribution in [2.45, 2.75) is 70.9 Å². The molecule has 2 atom stereocenters. The standard InChI is InChI=1S/C57H49N5O/c1-6-28-56(5,61-48-22-14-10-17-39(48)40-18-11-15-23-49(40)61)37-25-26-51-43(31-37)41-19-12-16-24-50(41)62(51)57(7-2,8-3)38-30-36(4)54-44(32-38)42-20-9-13-21-47(42)60(54)52-35-59-34-46-45-33-58-29-27-53(45)63-55(46)52/h6,9-29,31-36H,7-8,30H2,1-5H3/b28-6-. The fourth-order valence-electron chi connectivity index (χ4n) is 11.8. The highest BCUT2D eigenvalue weighted by Gasteiger charge is 2.40. The van der Waals surface area contributed by atoms with E-state index in [1.54, 1.807) is 6.20 Å².